The zero-order valence-electron chi connectivity index (χ0n) is 9.97. The van der Waals surface area contributed by atoms with Crippen LogP contribution in [-0.2, 0) is 4.74 Å². The number of carbonyl (C=O) groups excluding carboxylic acids is 1. The van der Waals surface area contributed by atoms with Gasteiger partial charge >= 0.3 is 12.1 Å². The second kappa shape index (κ2) is 6.34. The minimum absolute atomic E-state index is 0.0767. The predicted octanol–water partition coefficient (Wildman–Crippen LogP) is 1.66. The van der Waals surface area contributed by atoms with Gasteiger partial charge in [0.2, 0.25) is 0 Å². The van der Waals surface area contributed by atoms with Crippen molar-refractivity contribution in [3.05, 3.63) is 30.4 Å². The molecule has 1 heterocycles. The first-order valence-electron chi connectivity index (χ1n) is 5.01. The molecule has 8 heteroatoms. The van der Waals surface area contributed by atoms with Crippen LogP contribution >= 0.6 is 0 Å². The fourth-order valence-corrected chi connectivity index (χ4v) is 1.21. The molecule has 0 atom stereocenters. The number of ether oxygens (including phenoxy) is 2. The Morgan fingerprint density at radius 1 is 1.63 bits per heavy atom. The number of amides is 1. The maximum atomic E-state index is 13.5. The van der Waals surface area contributed by atoms with Crippen LogP contribution in [0.25, 0.3) is 0 Å². The Labute approximate surface area is 107 Å². The van der Waals surface area contributed by atoms with Gasteiger partial charge in [0.05, 0.1) is 13.3 Å². The lowest BCUT2D eigenvalue weighted by Crippen LogP contribution is -2.17. The SMILES string of the molecule is C=CCOC(=O)Nc1c(F)cnc(C(=O)O)c1OC. The van der Waals surface area contributed by atoms with Crippen LogP contribution in [0.2, 0.25) is 0 Å². The minimum Gasteiger partial charge on any atom is -0.492 e. The zero-order chi connectivity index (χ0) is 14.4. The first-order chi connectivity index (χ1) is 9.01. The Bertz CT molecular complexity index is 518. The summed E-state index contributed by atoms with van der Waals surface area (Å²) < 4.78 is 22.9. The van der Waals surface area contributed by atoms with E-state index in [2.05, 4.69) is 16.3 Å². The highest BCUT2D eigenvalue weighted by atomic mass is 19.1. The number of rotatable bonds is 5. The van der Waals surface area contributed by atoms with Crippen molar-refractivity contribution in [1.82, 2.24) is 4.98 Å². The molecule has 0 unspecified atom stereocenters. The summed E-state index contributed by atoms with van der Waals surface area (Å²) >= 11 is 0. The maximum absolute atomic E-state index is 13.5. The smallest absolute Gasteiger partial charge is 0.412 e. The monoisotopic (exact) mass is 270 g/mol. The number of aromatic nitrogens is 1. The van der Waals surface area contributed by atoms with Gasteiger partial charge in [-0.15, -0.1) is 0 Å². The highest BCUT2D eigenvalue weighted by Crippen LogP contribution is 2.30. The molecule has 0 aromatic carbocycles. The van der Waals surface area contributed by atoms with Gasteiger partial charge in [-0.3, -0.25) is 5.32 Å². The largest absolute Gasteiger partial charge is 0.492 e. The molecule has 2 N–H and O–H groups in total. The number of carbonyl (C=O) groups is 2. The molecule has 0 radical (unpaired) electrons. The first-order valence-corrected chi connectivity index (χ1v) is 5.01. The van der Waals surface area contributed by atoms with Crippen molar-refractivity contribution in [1.29, 1.82) is 0 Å². The van der Waals surface area contributed by atoms with E-state index in [0.29, 0.717) is 6.20 Å². The van der Waals surface area contributed by atoms with Crippen molar-refractivity contribution in [3.8, 4) is 5.75 Å². The maximum Gasteiger partial charge on any atom is 0.412 e. The van der Waals surface area contributed by atoms with E-state index in [0.717, 1.165) is 7.11 Å². The van der Waals surface area contributed by atoms with Crippen molar-refractivity contribution < 1.29 is 28.6 Å². The number of carboxylic acid groups (broad SMARTS) is 1. The van der Waals surface area contributed by atoms with E-state index in [1.807, 2.05) is 5.32 Å². The van der Waals surface area contributed by atoms with Gasteiger partial charge in [0.1, 0.15) is 12.3 Å². The predicted molar refractivity (Wildman–Crippen MR) is 62.9 cm³/mol. The second-order valence-electron chi connectivity index (χ2n) is 3.18. The van der Waals surface area contributed by atoms with Crippen LogP contribution in [0.3, 0.4) is 0 Å². The molecule has 1 aromatic rings. The standard InChI is InChI=1S/C11H11FN2O5/c1-3-4-19-11(17)14-7-6(12)5-13-8(10(15)16)9(7)18-2/h3,5H,1,4H2,2H3,(H,15,16)(H,13,14,17). The number of methoxy groups -OCH3 is 1. The molecule has 1 rings (SSSR count). The van der Waals surface area contributed by atoms with E-state index in [4.69, 9.17) is 9.84 Å². The third-order valence-electron chi connectivity index (χ3n) is 1.95. The van der Waals surface area contributed by atoms with Crippen LogP contribution < -0.4 is 10.1 Å². The van der Waals surface area contributed by atoms with E-state index in [-0.39, 0.29) is 6.61 Å². The number of nitrogens with one attached hydrogen (secondary N) is 1. The molecule has 0 spiro atoms. The summed E-state index contributed by atoms with van der Waals surface area (Å²) in [5, 5.41) is 10.9. The normalized spacial score (nSPS) is 9.58. The summed E-state index contributed by atoms with van der Waals surface area (Å²) in [7, 11) is 1.13. The van der Waals surface area contributed by atoms with Gasteiger partial charge in [0.25, 0.3) is 0 Å². The van der Waals surface area contributed by atoms with Crippen molar-refractivity contribution in [2.45, 2.75) is 0 Å². The average Bonchev–Trinajstić information content (AvgIpc) is 2.38. The molecular formula is C11H11FN2O5. The Morgan fingerprint density at radius 2 is 2.32 bits per heavy atom. The number of hydrogen-bond acceptors (Lipinski definition) is 5. The van der Waals surface area contributed by atoms with Crippen molar-refractivity contribution in [3.63, 3.8) is 0 Å². The Balaban J connectivity index is 3.11. The van der Waals surface area contributed by atoms with Gasteiger partial charge in [-0.1, -0.05) is 12.7 Å². The third-order valence-corrected chi connectivity index (χ3v) is 1.95. The van der Waals surface area contributed by atoms with E-state index in [1.54, 1.807) is 0 Å². The third kappa shape index (κ3) is 3.41. The summed E-state index contributed by atoms with van der Waals surface area (Å²) in [5.41, 5.74) is -0.980. The lowest BCUT2D eigenvalue weighted by molar-refractivity contribution is 0.0686. The lowest BCUT2D eigenvalue weighted by Gasteiger charge is -2.12. The molecule has 0 saturated carbocycles. The van der Waals surface area contributed by atoms with E-state index in [1.165, 1.54) is 6.08 Å². The van der Waals surface area contributed by atoms with Crippen LogP contribution in [0.4, 0.5) is 14.9 Å². The van der Waals surface area contributed by atoms with Crippen LogP contribution in [-0.4, -0.2) is 35.9 Å². The average molecular weight is 270 g/mol. The number of hydrogen-bond donors (Lipinski definition) is 2. The Morgan fingerprint density at radius 3 is 2.84 bits per heavy atom. The number of carboxylic acids is 1. The number of aromatic carboxylic acids is 1. The molecule has 0 aliphatic heterocycles. The quantitative estimate of drug-likeness (QED) is 0.790. The Kier molecular flexibility index (Phi) is 4.81. The first kappa shape index (κ1) is 14.4. The fourth-order valence-electron chi connectivity index (χ4n) is 1.21. The molecule has 0 aliphatic rings. The van der Waals surface area contributed by atoms with Crippen LogP contribution in [0, 0.1) is 5.82 Å². The second-order valence-corrected chi connectivity index (χ2v) is 3.18. The molecule has 0 bridgehead atoms. The summed E-state index contributed by atoms with van der Waals surface area (Å²) in [6, 6.07) is 0. The molecule has 1 aromatic heterocycles. The molecule has 0 saturated heterocycles. The summed E-state index contributed by atoms with van der Waals surface area (Å²) in [5.74, 6) is -2.76. The van der Waals surface area contributed by atoms with Gasteiger partial charge in [0.15, 0.2) is 17.3 Å². The van der Waals surface area contributed by atoms with Crippen molar-refractivity contribution in [2.75, 3.05) is 19.0 Å². The molecule has 7 nitrogen and oxygen atoms in total. The Hall–Kier alpha value is -2.64. The minimum atomic E-state index is -1.42. The van der Waals surface area contributed by atoms with Crippen LogP contribution in [0.5, 0.6) is 5.75 Å². The molecule has 1 amide bonds. The molecular weight excluding hydrogens is 259 g/mol. The van der Waals surface area contributed by atoms with Gasteiger partial charge in [-0.2, -0.15) is 0 Å². The molecule has 19 heavy (non-hydrogen) atoms. The van der Waals surface area contributed by atoms with Crippen LogP contribution in [0.15, 0.2) is 18.9 Å². The van der Waals surface area contributed by atoms with Gasteiger partial charge < -0.3 is 14.6 Å². The summed E-state index contributed by atoms with van der Waals surface area (Å²) in [4.78, 5) is 25.6. The zero-order valence-corrected chi connectivity index (χ0v) is 9.97. The molecule has 102 valence electrons. The number of anilines is 1. The number of nitrogens with zero attached hydrogens (tertiary/aromatic N) is 1. The highest BCUT2D eigenvalue weighted by molar-refractivity contribution is 5.94. The van der Waals surface area contributed by atoms with E-state index < -0.39 is 35.0 Å². The topological polar surface area (TPSA) is 97.8 Å². The molecule has 0 fully saturated rings. The van der Waals surface area contributed by atoms with Crippen molar-refractivity contribution in [2.24, 2.45) is 0 Å². The van der Waals surface area contributed by atoms with Crippen molar-refractivity contribution >= 4 is 17.7 Å². The van der Waals surface area contributed by atoms with Crippen LogP contribution in [0.1, 0.15) is 10.5 Å². The number of halogens is 1. The van der Waals surface area contributed by atoms with Gasteiger partial charge in [0, 0.05) is 0 Å². The van der Waals surface area contributed by atoms with E-state index in [9.17, 15) is 14.0 Å². The lowest BCUT2D eigenvalue weighted by atomic mass is 10.2. The number of pyridine rings is 1. The molecule has 0 aliphatic carbocycles. The highest BCUT2D eigenvalue weighted by Gasteiger charge is 2.22. The summed E-state index contributed by atoms with van der Waals surface area (Å²) in [6.07, 6.45) is 1.01. The fraction of sp³-hybridized carbons (Fsp3) is 0.182. The van der Waals surface area contributed by atoms with Gasteiger partial charge in [-0.25, -0.2) is 19.0 Å². The van der Waals surface area contributed by atoms with E-state index >= 15 is 0 Å². The summed E-state index contributed by atoms with van der Waals surface area (Å²) in [6.45, 7) is 3.26. The van der Waals surface area contributed by atoms with Gasteiger partial charge in [-0.05, 0) is 0 Å².